The molecule has 0 atom stereocenters. The van der Waals surface area contributed by atoms with E-state index in [0.717, 1.165) is 4.31 Å². The summed E-state index contributed by atoms with van der Waals surface area (Å²) in [7, 11) is -1.18. The quantitative estimate of drug-likeness (QED) is 0.495. The third-order valence-corrected chi connectivity index (χ3v) is 7.24. The number of methoxy groups -OCH3 is 2. The van der Waals surface area contributed by atoms with Crippen LogP contribution in [-0.4, -0.2) is 52.1 Å². The highest BCUT2D eigenvalue weighted by Crippen LogP contribution is 2.37. The SMILES string of the molecule is COc1ccc(NC(=O)CN(c2ccc3c(c2)OCO3)S(=O)(=O)c2c(C)n[nH]c2C)cc1OC. The van der Waals surface area contributed by atoms with Gasteiger partial charge in [-0.2, -0.15) is 5.10 Å². The van der Waals surface area contributed by atoms with Gasteiger partial charge in [0.15, 0.2) is 23.0 Å². The topological polar surface area (TPSA) is 132 Å². The van der Waals surface area contributed by atoms with Crippen LogP contribution in [0, 0.1) is 13.8 Å². The Morgan fingerprint density at radius 3 is 2.50 bits per heavy atom. The molecule has 11 nitrogen and oxygen atoms in total. The van der Waals surface area contributed by atoms with Crippen LogP contribution in [0.4, 0.5) is 11.4 Å². The molecule has 0 saturated carbocycles. The minimum atomic E-state index is -4.16. The van der Waals surface area contributed by atoms with Crippen LogP contribution in [0.1, 0.15) is 11.4 Å². The van der Waals surface area contributed by atoms with E-state index in [-0.39, 0.29) is 17.4 Å². The van der Waals surface area contributed by atoms with Gasteiger partial charge in [0.25, 0.3) is 10.0 Å². The summed E-state index contributed by atoms with van der Waals surface area (Å²) in [4.78, 5) is 13.0. The van der Waals surface area contributed by atoms with Crippen molar-refractivity contribution in [3.63, 3.8) is 0 Å². The summed E-state index contributed by atoms with van der Waals surface area (Å²) < 4.78 is 49.6. The molecule has 2 heterocycles. The van der Waals surface area contributed by atoms with Gasteiger partial charge in [0.2, 0.25) is 12.7 Å². The van der Waals surface area contributed by atoms with Gasteiger partial charge in [-0.1, -0.05) is 0 Å². The number of anilines is 2. The fourth-order valence-corrected chi connectivity index (χ4v) is 5.38. The molecule has 0 saturated heterocycles. The van der Waals surface area contributed by atoms with E-state index in [1.807, 2.05) is 0 Å². The lowest BCUT2D eigenvalue weighted by molar-refractivity contribution is -0.114. The summed E-state index contributed by atoms with van der Waals surface area (Å²) in [5, 5.41) is 9.38. The normalized spacial score (nSPS) is 12.4. The van der Waals surface area contributed by atoms with Crippen molar-refractivity contribution in [1.29, 1.82) is 0 Å². The standard InChI is InChI=1S/C22H24N4O7S/c1-13-22(14(2)25-24-13)34(28,29)26(16-6-8-18-20(10-16)33-12-32-18)11-21(27)23-15-5-7-17(30-3)19(9-15)31-4/h5-10H,11-12H2,1-4H3,(H,23,27)(H,24,25). The lowest BCUT2D eigenvalue weighted by atomic mass is 10.2. The highest BCUT2D eigenvalue weighted by molar-refractivity contribution is 7.93. The first kappa shape index (κ1) is 23.2. The number of aromatic nitrogens is 2. The number of sulfonamides is 1. The van der Waals surface area contributed by atoms with Crippen molar-refractivity contribution in [1.82, 2.24) is 10.2 Å². The molecule has 1 aliphatic rings. The summed E-state index contributed by atoms with van der Waals surface area (Å²) >= 11 is 0. The van der Waals surface area contributed by atoms with Gasteiger partial charge in [-0.05, 0) is 38.1 Å². The molecule has 0 bridgehead atoms. The Morgan fingerprint density at radius 2 is 1.82 bits per heavy atom. The smallest absolute Gasteiger partial charge is 0.268 e. The van der Waals surface area contributed by atoms with Gasteiger partial charge in [-0.3, -0.25) is 14.2 Å². The van der Waals surface area contributed by atoms with Crippen LogP contribution in [0.2, 0.25) is 0 Å². The number of rotatable bonds is 8. The zero-order chi connectivity index (χ0) is 24.5. The first-order chi connectivity index (χ1) is 16.2. The van der Waals surface area contributed by atoms with E-state index in [1.165, 1.54) is 20.3 Å². The number of aryl methyl sites for hydroxylation is 2. The van der Waals surface area contributed by atoms with Gasteiger partial charge in [-0.15, -0.1) is 0 Å². The third kappa shape index (κ3) is 4.31. The van der Waals surface area contributed by atoms with Crippen LogP contribution in [0.5, 0.6) is 23.0 Å². The Labute approximate surface area is 196 Å². The number of amides is 1. The van der Waals surface area contributed by atoms with Crippen LogP contribution >= 0.6 is 0 Å². The maximum atomic E-state index is 13.7. The van der Waals surface area contributed by atoms with Crippen molar-refractivity contribution in [3.05, 3.63) is 47.8 Å². The molecule has 4 rings (SSSR count). The number of H-pyrrole nitrogens is 1. The van der Waals surface area contributed by atoms with Crippen molar-refractivity contribution >= 4 is 27.3 Å². The highest BCUT2D eigenvalue weighted by Gasteiger charge is 2.32. The maximum Gasteiger partial charge on any atom is 0.268 e. The van der Waals surface area contributed by atoms with E-state index >= 15 is 0 Å². The predicted molar refractivity (Wildman–Crippen MR) is 123 cm³/mol. The van der Waals surface area contributed by atoms with E-state index in [9.17, 15) is 13.2 Å². The number of nitrogens with one attached hydrogen (secondary N) is 2. The molecular weight excluding hydrogens is 464 g/mol. The molecule has 0 spiro atoms. The molecule has 2 aromatic carbocycles. The van der Waals surface area contributed by atoms with Crippen molar-refractivity contribution < 1.29 is 32.2 Å². The van der Waals surface area contributed by atoms with Crippen molar-refractivity contribution in [3.8, 4) is 23.0 Å². The number of benzene rings is 2. The number of hydrogen-bond donors (Lipinski definition) is 2. The summed E-state index contributed by atoms with van der Waals surface area (Å²) in [5.74, 6) is 1.23. The lowest BCUT2D eigenvalue weighted by Crippen LogP contribution is -2.38. The average Bonchev–Trinajstić information content (AvgIpc) is 3.42. The molecule has 1 amide bonds. The van der Waals surface area contributed by atoms with Crippen LogP contribution in [0.25, 0.3) is 0 Å². The van der Waals surface area contributed by atoms with E-state index in [0.29, 0.717) is 40.1 Å². The second-order valence-corrected chi connectivity index (χ2v) is 9.23. The Kier molecular flexibility index (Phi) is 6.24. The number of carbonyl (C=O) groups is 1. The van der Waals surface area contributed by atoms with Crippen LogP contribution in [-0.2, 0) is 14.8 Å². The Bertz CT molecular complexity index is 1320. The summed E-state index contributed by atoms with van der Waals surface area (Å²) in [6, 6.07) is 9.53. The van der Waals surface area contributed by atoms with Gasteiger partial charge in [0.1, 0.15) is 11.4 Å². The number of carbonyl (C=O) groups excluding carboxylic acids is 1. The molecular formula is C22H24N4O7S. The first-order valence-electron chi connectivity index (χ1n) is 10.2. The van der Waals surface area contributed by atoms with Crippen LogP contribution in [0.15, 0.2) is 41.3 Å². The number of aromatic amines is 1. The molecule has 34 heavy (non-hydrogen) atoms. The van der Waals surface area contributed by atoms with Gasteiger partial charge >= 0.3 is 0 Å². The predicted octanol–water partition coefficient (Wildman–Crippen LogP) is 2.61. The van der Waals surface area contributed by atoms with E-state index < -0.39 is 22.5 Å². The summed E-state index contributed by atoms with van der Waals surface area (Å²) in [6.45, 7) is 2.72. The molecule has 0 aliphatic carbocycles. The van der Waals surface area contributed by atoms with Gasteiger partial charge in [-0.25, -0.2) is 8.42 Å². The Hall–Kier alpha value is -3.93. The minimum absolute atomic E-state index is 0.00378. The zero-order valence-corrected chi connectivity index (χ0v) is 19.9. The monoisotopic (exact) mass is 488 g/mol. The van der Waals surface area contributed by atoms with E-state index in [1.54, 1.807) is 44.2 Å². The molecule has 2 N–H and O–H groups in total. The lowest BCUT2D eigenvalue weighted by Gasteiger charge is -2.24. The maximum absolute atomic E-state index is 13.7. The zero-order valence-electron chi connectivity index (χ0n) is 19.0. The number of hydrogen-bond acceptors (Lipinski definition) is 8. The molecule has 1 aliphatic heterocycles. The molecule has 0 radical (unpaired) electrons. The van der Waals surface area contributed by atoms with Gasteiger partial charge in [0, 0.05) is 17.8 Å². The van der Waals surface area contributed by atoms with Crippen molar-refractivity contribution in [2.45, 2.75) is 18.7 Å². The van der Waals surface area contributed by atoms with E-state index in [2.05, 4.69) is 15.5 Å². The summed E-state index contributed by atoms with van der Waals surface area (Å²) in [5.41, 5.74) is 1.32. The Balaban J connectivity index is 1.68. The van der Waals surface area contributed by atoms with E-state index in [4.69, 9.17) is 18.9 Å². The average molecular weight is 489 g/mol. The second kappa shape index (κ2) is 9.14. The van der Waals surface area contributed by atoms with Gasteiger partial charge < -0.3 is 24.3 Å². The number of nitrogens with zero attached hydrogens (tertiary/aromatic N) is 2. The summed E-state index contributed by atoms with van der Waals surface area (Å²) in [6.07, 6.45) is 0. The van der Waals surface area contributed by atoms with Crippen LogP contribution in [0.3, 0.4) is 0 Å². The highest BCUT2D eigenvalue weighted by atomic mass is 32.2. The molecule has 3 aromatic rings. The fourth-order valence-electron chi connectivity index (χ4n) is 3.63. The molecule has 12 heteroatoms. The minimum Gasteiger partial charge on any atom is -0.493 e. The Morgan fingerprint density at radius 1 is 1.09 bits per heavy atom. The second-order valence-electron chi connectivity index (χ2n) is 7.43. The van der Waals surface area contributed by atoms with Crippen molar-refractivity contribution in [2.75, 3.05) is 37.2 Å². The third-order valence-electron chi connectivity index (χ3n) is 5.21. The largest absolute Gasteiger partial charge is 0.493 e. The molecule has 0 fully saturated rings. The number of ether oxygens (including phenoxy) is 4. The fraction of sp³-hybridized carbons (Fsp3) is 0.273. The molecule has 180 valence electrons. The molecule has 0 unspecified atom stereocenters. The van der Waals surface area contributed by atoms with Crippen molar-refractivity contribution in [2.24, 2.45) is 0 Å². The first-order valence-corrected chi connectivity index (χ1v) is 11.6. The van der Waals surface area contributed by atoms with Crippen LogP contribution < -0.4 is 28.6 Å². The molecule has 1 aromatic heterocycles. The van der Waals surface area contributed by atoms with Gasteiger partial charge in [0.05, 0.1) is 31.3 Å². The number of fused-ring (bicyclic) bond motifs is 1.